The van der Waals surface area contributed by atoms with Crippen LogP contribution in [0.15, 0.2) is 77.8 Å². The summed E-state index contributed by atoms with van der Waals surface area (Å²) in [5, 5.41) is 9.41. The lowest BCUT2D eigenvalue weighted by molar-refractivity contribution is -0.109. The van der Waals surface area contributed by atoms with E-state index >= 15 is 0 Å². The molecule has 7 heteroatoms. The van der Waals surface area contributed by atoms with Crippen molar-refractivity contribution >= 4 is 40.3 Å². The van der Waals surface area contributed by atoms with E-state index in [4.69, 9.17) is 0 Å². The number of aliphatic hydroxyl groups excluding tert-OH is 1. The molecule has 0 aliphatic heterocycles. The zero-order valence-corrected chi connectivity index (χ0v) is 18.2. The van der Waals surface area contributed by atoms with E-state index in [1.54, 1.807) is 18.3 Å². The van der Waals surface area contributed by atoms with E-state index in [1.165, 1.54) is 18.9 Å². The van der Waals surface area contributed by atoms with E-state index in [9.17, 15) is 14.7 Å². The van der Waals surface area contributed by atoms with E-state index in [0.29, 0.717) is 12.1 Å². The van der Waals surface area contributed by atoms with E-state index < -0.39 is 0 Å². The number of carbonyl (C=O) groups is 2. The molecule has 0 atom stereocenters. The zero-order chi connectivity index (χ0) is 21.3. The predicted octanol–water partition coefficient (Wildman–Crippen LogP) is 4.72. The summed E-state index contributed by atoms with van der Waals surface area (Å²) in [5.41, 5.74) is 3.42. The fourth-order valence-electron chi connectivity index (χ4n) is 2.73. The number of carbonyl (C=O) groups excluding carboxylic acids is 2. The first kappa shape index (κ1) is 22.1. The highest BCUT2D eigenvalue weighted by atomic mass is 32.2. The first-order valence-corrected chi connectivity index (χ1v) is 11.2. The normalized spacial score (nSPS) is 10.6. The van der Waals surface area contributed by atoms with Crippen molar-refractivity contribution in [2.45, 2.75) is 11.8 Å². The van der Waals surface area contributed by atoms with Crippen LogP contribution >= 0.6 is 23.7 Å². The number of nitrogens with zero attached hydrogens (tertiary/aromatic N) is 2. The van der Waals surface area contributed by atoms with E-state index in [0.717, 1.165) is 33.6 Å². The van der Waals surface area contributed by atoms with Crippen molar-refractivity contribution in [1.29, 1.82) is 0 Å². The molecule has 154 valence electrons. The molecule has 5 nitrogen and oxygen atoms in total. The second kappa shape index (κ2) is 11.0. The van der Waals surface area contributed by atoms with Crippen LogP contribution < -0.4 is 4.31 Å². The molecule has 1 aromatic heterocycles. The van der Waals surface area contributed by atoms with Gasteiger partial charge in [-0.1, -0.05) is 30.0 Å². The van der Waals surface area contributed by atoms with E-state index in [2.05, 4.69) is 4.98 Å². The number of aliphatic hydroxyl groups is 1. The summed E-state index contributed by atoms with van der Waals surface area (Å²) < 4.78 is 1.98. The zero-order valence-electron chi connectivity index (χ0n) is 16.5. The van der Waals surface area contributed by atoms with Crippen LogP contribution in [-0.2, 0) is 4.79 Å². The number of rotatable bonds is 9. The maximum absolute atomic E-state index is 12.2. The molecule has 0 radical (unpaired) electrons. The van der Waals surface area contributed by atoms with Gasteiger partial charge in [-0.15, -0.1) is 0 Å². The lowest BCUT2D eigenvalue weighted by Gasteiger charge is -2.22. The lowest BCUT2D eigenvalue weighted by Crippen LogP contribution is -2.18. The van der Waals surface area contributed by atoms with Gasteiger partial charge in [-0.2, -0.15) is 0 Å². The quantitative estimate of drug-likeness (QED) is 0.383. The van der Waals surface area contributed by atoms with Crippen molar-refractivity contribution in [2.24, 2.45) is 0 Å². The van der Waals surface area contributed by atoms with Gasteiger partial charge in [0.15, 0.2) is 10.9 Å². The number of thioether (sulfide) groups is 1. The van der Waals surface area contributed by atoms with Gasteiger partial charge in [-0.05, 0) is 60.5 Å². The largest absolute Gasteiger partial charge is 0.394 e. The molecule has 2 aromatic carbocycles. The Labute approximate surface area is 184 Å². The highest BCUT2D eigenvalue weighted by Gasteiger charge is 2.12. The molecule has 3 rings (SSSR count). The molecule has 0 bridgehead atoms. The summed E-state index contributed by atoms with van der Waals surface area (Å²) in [6.07, 6.45) is 1.77. The molecular formula is C23H22N2O3S2. The maximum Gasteiger partial charge on any atom is 0.186 e. The standard InChI is InChI=1S/C23H22N2O3S2/c1-17(27)29-16-23(28)19-5-9-20(10-6-19)25(14-15-26)30-21-11-7-18(8-12-21)22-4-2-3-13-24-22/h2-13,26H,14-16H2,1H3. The van der Waals surface area contributed by atoms with Gasteiger partial charge in [0.25, 0.3) is 0 Å². The molecule has 30 heavy (non-hydrogen) atoms. The molecular weight excluding hydrogens is 416 g/mol. The summed E-state index contributed by atoms with van der Waals surface area (Å²) in [7, 11) is 0. The number of hydrogen-bond acceptors (Lipinski definition) is 7. The van der Waals surface area contributed by atoms with Gasteiger partial charge in [-0.3, -0.25) is 14.6 Å². The minimum atomic E-state index is -0.0757. The maximum atomic E-state index is 12.2. The first-order chi connectivity index (χ1) is 14.6. The number of aromatic nitrogens is 1. The molecule has 0 aliphatic carbocycles. The molecule has 3 aromatic rings. The molecule has 0 saturated carbocycles. The third kappa shape index (κ3) is 6.19. The Balaban J connectivity index is 1.69. The molecule has 0 aliphatic rings. The van der Waals surface area contributed by atoms with Gasteiger partial charge < -0.3 is 9.41 Å². The highest BCUT2D eigenvalue weighted by Crippen LogP contribution is 2.30. The number of Topliss-reactive ketones (excluding diaryl/α,β-unsaturated/α-hetero) is 1. The Morgan fingerprint density at radius 2 is 1.73 bits per heavy atom. The van der Waals surface area contributed by atoms with Gasteiger partial charge >= 0.3 is 0 Å². The molecule has 0 unspecified atom stereocenters. The van der Waals surface area contributed by atoms with Crippen molar-refractivity contribution in [3.8, 4) is 11.3 Å². The number of ketones is 1. The fraction of sp³-hybridized carbons (Fsp3) is 0.174. The fourth-order valence-corrected chi connectivity index (χ4v) is 4.14. The van der Waals surface area contributed by atoms with Crippen LogP contribution in [0.3, 0.4) is 0 Å². The van der Waals surface area contributed by atoms with Crippen LogP contribution in [0.5, 0.6) is 0 Å². The predicted molar refractivity (Wildman–Crippen MR) is 124 cm³/mol. The minimum absolute atomic E-state index is 0.00888. The number of pyridine rings is 1. The SMILES string of the molecule is CC(=O)SCC(=O)c1ccc(N(CCO)Sc2ccc(-c3ccccn3)cc2)cc1. The third-order valence-corrected chi connectivity index (χ3v) is 6.13. The summed E-state index contributed by atoms with van der Waals surface area (Å²) in [5.74, 6) is 0.0695. The van der Waals surface area contributed by atoms with Crippen LogP contribution in [0.25, 0.3) is 11.3 Å². The summed E-state index contributed by atoms with van der Waals surface area (Å²) in [6, 6.07) is 21.1. The summed E-state index contributed by atoms with van der Waals surface area (Å²) in [6.45, 7) is 1.91. The molecule has 0 spiro atoms. The topological polar surface area (TPSA) is 70.5 Å². The van der Waals surface area contributed by atoms with Gasteiger partial charge in [-0.25, -0.2) is 0 Å². The number of benzene rings is 2. The molecule has 0 saturated heterocycles. The molecule has 0 fully saturated rings. The van der Waals surface area contributed by atoms with Gasteiger partial charge in [0.05, 0.1) is 24.6 Å². The highest BCUT2D eigenvalue weighted by molar-refractivity contribution is 8.14. The van der Waals surface area contributed by atoms with E-state index in [1.807, 2.05) is 58.9 Å². The molecule has 0 amide bonds. The van der Waals surface area contributed by atoms with Gasteiger partial charge in [0.2, 0.25) is 0 Å². The van der Waals surface area contributed by atoms with Gasteiger partial charge in [0, 0.05) is 34.8 Å². The second-order valence-electron chi connectivity index (χ2n) is 6.41. The van der Waals surface area contributed by atoms with Crippen molar-refractivity contribution in [1.82, 2.24) is 4.98 Å². The van der Waals surface area contributed by atoms with Crippen molar-refractivity contribution < 1.29 is 14.7 Å². The van der Waals surface area contributed by atoms with Crippen LogP contribution in [0.1, 0.15) is 17.3 Å². The molecule has 1 N–H and O–H groups in total. The summed E-state index contributed by atoms with van der Waals surface area (Å²) in [4.78, 5) is 28.6. The number of hydrogen-bond donors (Lipinski definition) is 1. The summed E-state index contributed by atoms with van der Waals surface area (Å²) >= 11 is 2.53. The van der Waals surface area contributed by atoms with Crippen LogP contribution in [0.4, 0.5) is 5.69 Å². The Kier molecular flexibility index (Phi) is 8.07. The average Bonchev–Trinajstić information content (AvgIpc) is 2.78. The third-order valence-electron chi connectivity index (χ3n) is 4.22. The van der Waals surface area contributed by atoms with Gasteiger partial charge in [0.1, 0.15) is 0 Å². The Bertz CT molecular complexity index is 978. The van der Waals surface area contributed by atoms with Crippen molar-refractivity contribution in [3.05, 3.63) is 78.5 Å². The average molecular weight is 439 g/mol. The van der Waals surface area contributed by atoms with E-state index in [-0.39, 0.29) is 23.3 Å². The Hall–Kier alpha value is -2.61. The first-order valence-electron chi connectivity index (χ1n) is 9.41. The van der Waals surface area contributed by atoms with Crippen LogP contribution in [-0.4, -0.2) is 39.9 Å². The minimum Gasteiger partial charge on any atom is -0.394 e. The monoisotopic (exact) mass is 438 g/mol. The molecule has 1 heterocycles. The van der Waals surface area contributed by atoms with Crippen molar-refractivity contribution in [3.63, 3.8) is 0 Å². The number of anilines is 1. The van der Waals surface area contributed by atoms with Crippen molar-refractivity contribution in [2.75, 3.05) is 23.2 Å². The Morgan fingerprint density at radius 1 is 1.00 bits per heavy atom. The lowest BCUT2D eigenvalue weighted by atomic mass is 10.1. The van der Waals surface area contributed by atoms with Crippen LogP contribution in [0, 0.1) is 0 Å². The Morgan fingerprint density at radius 3 is 2.33 bits per heavy atom. The second-order valence-corrected chi connectivity index (χ2v) is 8.65. The smallest absolute Gasteiger partial charge is 0.186 e. The van der Waals surface area contributed by atoms with Crippen LogP contribution in [0.2, 0.25) is 0 Å².